The molecule has 3 heterocycles. The van der Waals surface area contributed by atoms with Gasteiger partial charge in [0.25, 0.3) is 0 Å². The second kappa shape index (κ2) is 4.58. The number of rotatable bonds is 2. The van der Waals surface area contributed by atoms with E-state index in [1.807, 2.05) is 0 Å². The molecule has 4 atom stereocenters. The molecule has 0 bridgehead atoms. The van der Waals surface area contributed by atoms with E-state index in [4.69, 9.17) is 15.6 Å². The van der Waals surface area contributed by atoms with Crippen molar-refractivity contribution in [3.63, 3.8) is 0 Å². The van der Waals surface area contributed by atoms with E-state index in [2.05, 4.69) is 15.0 Å². The van der Waals surface area contributed by atoms with Gasteiger partial charge in [0, 0.05) is 0 Å². The van der Waals surface area contributed by atoms with Crippen molar-refractivity contribution in [1.29, 1.82) is 0 Å². The van der Waals surface area contributed by atoms with E-state index in [0.29, 0.717) is 0 Å². The van der Waals surface area contributed by atoms with E-state index in [-0.39, 0.29) is 17.1 Å². The van der Waals surface area contributed by atoms with Crippen molar-refractivity contribution in [2.45, 2.75) is 24.6 Å². The zero-order valence-electron chi connectivity index (χ0n) is 10.0. The maximum atomic E-state index is 14.0. The minimum Gasteiger partial charge on any atom is -0.394 e. The number of nitrogen functional groups attached to an aromatic ring is 1. The van der Waals surface area contributed by atoms with Gasteiger partial charge in [0.15, 0.2) is 23.6 Å². The molecule has 0 saturated carbocycles. The summed E-state index contributed by atoms with van der Waals surface area (Å²) in [6.45, 7) is -0.545. The van der Waals surface area contributed by atoms with Crippen molar-refractivity contribution in [3.05, 3.63) is 12.3 Å². The van der Waals surface area contributed by atoms with Crippen molar-refractivity contribution < 1.29 is 23.7 Å². The van der Waals surface area contributed by atoms with Crippen LogP contribution < -0.4 is 5.73 Å². The SMILES string of the molecule is Nc1nc(F)c2ncn([C@@H]3O[C@H](CO)C(O)[C@H]3F)c2n1. The molecule has 108 valence electrons. The van der Waals surface area contributed by atoms with Crippen LogP contribution in [0.3, 0.4) is 0 Å². The van der Waals surface area contributed by atoms with Crippen LogP contribution in [0.15, 0.2) is 6.33 Å². The van der Waals surface area contributed by atoms with Gasteiger partial charge in [-0.25, -0.2) is 9.37 Å². The number of anilines is 1. The summed E-state index contributed by atoms with van der Waals surface area (Å²) in [5, 5.41) is 18.6. The highest BCUT2D eigenvalue weighted by molar-refractivity contribution is 5.71. The normalized spacial score (nSPS) is 30.2. The number of halogens is 2. The van der Waals surface area contributed by atoms with Crippen LogP contribution in [0.2, 0.25) is 0 Å². The second-order valence-electron chi connectivity index (χ2n) is 4.38. The van der Waals surface area contributed by atoms with E-state index in [1.54, 1.807) is 0 Å². The van der Waals surface area contributed by atoms with Gasteiger partial charge < -0.3 is 20.7 Å². The summed E-state index contributed by atoms with van der Waals surface area (Å²) in [6.07, 6.45) is -4.54. The van der Waals surface area contributed by atoms with Crippen molar-refractivity contribution in [3.8, 4) is 0 Å². The number of nitrogens with two attached hydrogens (primary N) is 1. The summed E-state index contributed by atoms with van der Waals surface area (Å²) >= 11 is 0. The number of imidazole rings is 1. The van der Waals surface area contributed by atoms with Gasteiger partial charge in [0.05, 0.1) is 12.9 Å². The second-order valence-corrected chi connectivity index (χ2v) is 4.38. The first-order chi connectivity index (χ1) is 9.52. The highest BCUT2D eigenvalue weighted by Crippen LogP contribution is 2.33. The van der Waals surface area contributed by atoms with Crippen molar-refractivity contribution in [2.24, 2.45) is 0 Å². The Balaban J connectivity index is 2.07. The molecule has 0 aliphatic carbocycles. The summed E-state index contributed by atoms with van der Waals surface area (Å²) in [7, 11) is 0. The Hall–Kier alpha value is -1.91. The molecule has 0 amide bonds. The molecular formula is C10H11F2N5O3. The molecule has 2 aromatic rings. The molecule has 1 unspecified atom stereocenters. The zero-order chi connectivity index (χ0) is 14.4. The maximum Gasteiger partial charge on any atom is 0.245 e. The fourth-order valence-corrected chi connectivity index (χ4v) is 2.16. The molecule has 0 spiro atoms. The number of aliphatic hydroxyl groups excluding tert-OH is 2. The quantitative estimate of drug-likeness (QED) is 0.614. The van der Waals surface area contributed by atoms with Crippen LogP contribution in [0.4, 0.5) is 14.7 Å². The minimum absolute atomic E-state index is 0.0477. The van der Waals surface area contributed by atoms with E-state index < -0.39 is 37.2 Å². The van der Waals surface area contributed by atoms with Crippen LogP contribution in [-0.4, -0.2) is 54.7 Å². The van der Waals surface area contributed by atoms with Gasteiger partial charge in [0.1, 0.15) is 12.2 Å². The summed E-state index contributed by atoms with van der Waals surface area (Å²) in [5.41, 5.74) is 5.11. The van der Waals surface area contributed by atoms with Crippen molar-refractivity contribution in [1.82, 2.24) is 19.5 Å². The summed E-state index contributed by atoms with van der Waals surface area (Å²) in [5.74, 6) is -1.26. The Bertz CT molecular complexity index is 651. The molecular weight excluding hydrogens is 276 g/mol. The molecule has 1 aliphatic heterocycles. The number of aromatic nitrogens is 4. The van der Waals surface area contributed by atoms with Crippen LogP contribution in [-0.2, 0) is 4.74 Å². The molecule has 8 nitrogen and oxygen atoms in total. The Kier molecular flexibility index (Phi) is 3.00. The third kappa shape index (κ3) is 1.80. The van der Waals surface area contributed by atoms with Crippen LogP contribution in [0.5, 0.6) is 0 Å². The number of ether oxygens (including phenoxy) is 1. The number of fused-ring (bicyclic) bond motifs is 1. The molecule has 1 aliphatic rings. The number of alkyl halides is 1. The Morgan fingerprint density at radius 3 is 2.85 bits per heavy atom. The molecule has 1 fully saturated rings. The topological polar surface area (TPSA) is 119 Å². The highest BCUT2D eigenvalue weighted by atomic mass is 19.1. The van der Waals surface area contributed by atoms with Gasteiger partial charge in [-0.05, 0) is 0 Å². The van der Waals surface area contributed by atoms with E-state index in [9.17, 15) is 13.9 Å². The van der Waals surface area contributed by atoms with E-state index in [0.717, 1.165) is 10.9 Å². The highest BCUT2D eigenvalue weighted by Gasteiger charge is 2.45. The zero-order valence-corrected chi connectivity index (χ0v) is 10.0. The molecule has 0 aromatic carbocycles. The molecule has 4 N–H and O–H groups in total. The average molecular weight is 287 g/mol. The van der Waals surface area contributed by atoms with E-state index in [1.165, 1.54) is 0 Å². The number of hydrogen-bond donors (Lipinski definition) is 3. The summed E-state index contributed by atoms with van der Waals surface area (Å²) < 4.78 is 33.8. The van der Waals surface area contributed by atoms with Crippen LogP contribution in [0.1, 0.15) is 6.23 Å². The standard InChI is InChI=1S/C10H11F2N5O3/c11-4-6(19)3(1-18)20-9(4)17-2-14-5-7(12)15-10(13)16-8(5)17/h2-4,6,9,18-19H,1H2,(H2,13,15,16)/t3-,4-,6?,9-/m1/s1. The lowest BCUT2D eigenvalue weighted by Gasteiger charge is -2.14. The van der Waals surface area contributed by atoms with Crippen LogP contribution in [0, 0.1) is 5.95 Å². The number of nitrogens with zero attached hydrogens (tertiary/aromatic N) is 4. The van der Waals surface area contributed by atoms with Crippen LogP contribution in [0.25, 0.3) is 11.2 Å². The molecule has 2 aromatic heterocycles. The fraction of sp³-hybridized carbons (Fsp3) is 0.500. The number of aliphatic hydroxyl groups is 2. The third-order valence-electron chi connectivity index (χ3n) is 3.14. The van der Waals surface area contributed by atoms with Gasteiger partial charge in [-0.2, -0.15) is 14.4 Å². The molecule has 1 saturated heterocycles. The lowest BCUT2D eigenvalue weighted by molar-refractivity contribution is -0.0459. The number of hydrogen-bond acceptors (Lipinski definition) is 7. The lowest BCUT2D eigenvalue weighted by atomic mass is 10.1. The predicted molar refractivity (Wildman–Crippen MR) is 61.6 cm³/mol. The monoisotopic (exact) mass is 287 g/mol. The first kappa shape index (κ1) is 13.1. The average Bonchev–Trinajstić information content (AvgIpc) is 2.93. The van der Waals surface area contributed by atoms with E-state index >= 15 is 0 Å². The van der Waals surface area contributed by atoms with Crippen LogP contribution >= 0.6 is 0 Å². The fourth-order valence-electron chi connectivity index (χ4n) is 2.16. The lowest BCUT2D eigenvalue weighted by Crippen LogP contribution is -2.30. The third-order valence-corrected chi connectivity index (χ3v) is 3.14. The molecule has 3 rings (SSSR count). The Morgan fingerprint density at radius 2 is 2.20 bits per heavy atom. The molecule has 0 radical (unpaired) electrons. The first-order valence-electron chi connectivity index (χ1n) is 5.77. The first-order valence-corrected chi connectivity index (χ1v) is 5.77. The van der Waals surface area contributed by atoms with Gasteiger partial charge in [-0.1, -0.05) is 0 Å². The minimum atomic E-state index is -1.82. The van der Waals surface area contributed by atoms with Gasteiger partial charge in [0.2, 0.25) is 11.9 Å². The Labute approximate surface area is 110 Å². The van der Waals surface area contributed by atoms with Crippen molar-refractivity contribution >= 4 is 17.1 Å². The maximum absolute atomic E-state index is 14.0. The largest absolute Gasteiger partial charge is 0.394 e. The summed E-state index contributed by atoms with van der Waals surface area (Å²) in [6, 6.07) is 0. The smallest absolute Gasteiger partial charge is 0.245 e. The van der Waals surface area contributed by atoms with Gasteiger partial charge in [-0.3, -0.25) is 4.57 Å². The van der Waals surface area contributed by atoms with Crippen molar-refractivity contribution in [2.75, 3.05) is 12.3 Å². The predicted octanol–water partition coefficient (Wildman–Crippen LogP) is -0.864. The van der Waals surface area contributed by atoms with Gasteiger partial charge in [-0.15, -0.1) is 0 Å². The van der Waals surface area contributed by atoms with Gasteiger partial charge >= 0.3 is 0 Å². The Morgan fingerprint density at radius 1 is 1.45 bits per heavy atom. The summed E-state index contributed by atoms with van der Waals surface area (Å²) in [4.78, 5) is 10.8. The molecule has 20 heavy (non-hydrogen) atoms. The molecule has 10 heteroatoms.